The minimum atomic E-state index is -1.08. The Labute approximate surface area is 171 Å². The lowest BCUT2D eigenvalue weighted by Crippen LogP contribution is -2.43. The predicted octanol–water partition coefficient (Wildman–Crippen LogP) is 4.46. The molecule has 0 aliphatic heterocycles. The number of rotatable bonds is 12. The Kier molecular flexibility index (Phi) is 10.4. The maximum absolute atomic E-state index is 11.8. The summed E-state index contributed by atoms with van der Waals surface area (Å²) in [7, 11) is 0. The Hall–Kier alpha value is -2.93. The van der Waals surface area contributed by atoms with E-state index in [1.165, 1.54) is 0 Å². The number of hydrogen-bond donors (Lipinski definition) is 2. The quantitative estimate of drug-likeness (QED) is 0.229. The Bertz CT molecular complexity index is 694. The number of hydrogen-bond acceptors (Lipinski definition) is 5. The number of ether oxygens (including phenoxy) is 2. The maximum Gasteiger partial charge on any atom is 0.408 e. The molecule has 1 aromatic carbocycles. The van der Waals surface area contributed by atoms with Crippen LogP contribution in [0.2, 0.25) is 0 Å². The first-order valence-corrected chi connectivity index (χ1v) is 9.66. The zero-order valence-electron chi connectivity index (χ0n) is 17.3. The maximum atomic E-state index is 11.8. The summed E-state index contributed by atoms with van der Waals surface area (Å²) in [5.41, 5.74) is 8.58. The molecule has 0 heterocycles. The predicted molar refractivity (Wildman–Crippen MR) is 109 cm³/mol. The molecule has 0 fully saturated rings. The second-order valence-corrected chi connectivity index (χ2v) is 7.58. The van der Waals surface area contributed by atoms with Crippen molar-refractivity contribution in [1.29, 1.82) is 0 Å². The van der Waals surface area contributed by atoms with Crippen LogP contribution in [0.4, 0.5) is 4.79 Å². The highest BCUT2D eigenvalue weighted by atomic mass is 16.6. The van der Waals surface area contributed by atoms with Gasteiger partial charge in [0.1, 0.15) is 17.4 Å². The van der Waals surface area contributed by atoms with Crippen LogP contribution in [0.5, 0.6) is 5.75 Å². The number of amides is 1. The largest absolute Gasteiger partial charge is 0.494 e. The first kappa shape index (κ1) is 24.1. The summed E-state index contributed by atoms with van der Waals surface area (Å²) >= 11 is 0. The molecule has 29 heavy (non-hydrogen) atoms. The zero-order chi connectivity index (χ0) is 21.7. The molecule has 2 N–H and O–H groups in total. The highest BCUT2D eigenvalue weighted by Gasteiger charge is 2.23. The molecule has 1 atom stereocenters. The number of aryl methyl sites for hydroxylation is 1. The molecule has 9 nitrogen and oxygen atoms in total. The third-order valence-corrected chi connectivity index (χ3v) is 3.86. The molecule has 160 valence electrons. The fourth-order valence-corrected chi connectivity index (χ4v) is 2.49. The fraction of sp³-hybridized carbons (Fsp3) is 0.600. The van der Waals surface area contributed by atoms with Crippen molar-refractivity contribution in [3.8, 4) is 5.75 Å². The molecule has 1 rings (SSSR count). The summed E-state index contributed by atoms with van der Waals surface area (Å²) in [5.74, 6) is -0.326. The third kappa shape index (κ3) is 11.5. The van der Waals surface area contributed by atoms with Crippen LogP contribution in [0.1, 0.15) is 52.0 Å². The second kappa shape index (κ2) is 12.5. The van der Waals surface area contributed by atoms with Gasteiger partial charge in [0.15, 0.2) is 0 Å². The normalized spacial score (nSPS) is 11.8. The standard InChI is InChI=1S/C20H30N4O5/c1-20(2,3)29-19(27)23-17(18(25)26)8-6-7-15-9-11-16(12-10-15)28-14-5-4-13-22-24-21/h9-12,17H,4-8,13-14H2,1-3H3,(H,23,27)(H,25,26)/t17-/m0/s1. The molecule has 0 unspecified atom stereocenters. The van der Waals surface area contributed by atoms with Gasteiger partial charge in [0.2, 0.25) is 0 Å². The number of benzene rings is 1. The average Bonchev–Trinajstić information content (AvgIpc) is 2.63. The van der Waals surface area contributed by atoms with Gasteiger partial charge in [-0.3, -0.25) is 0 Å². The summed E-state index contributed by atoms with van der Waals surface area (Å²) in [6.45, 7) is 6.19. The van der Waals surface area contributed by atoms with Gasteiger partial charge in [0.05, 0.1) is 6.61 Å². The summed E-state index contributed by atoms with van der Waals surface area (Å²) in [6.07, 6.45) is 2.45. The van der Waals surface area contributed by atoms with Crippen molar-refractivity contribution in [3.05, 3.63) is 40.3 Å². The second-order valence-electron chi connectivity index (χ2n) is 7.58. The molecule has 0 radical (unpaired) electrons. The van der Waals surface area contributed by atoms with E-state index < -0.39 is 23.7 Å². The molecule has 0 aliphatic rings. The molecule has 0 saturated carbocycles. The molecule has 0 bridgehead atoms. The van der Waals surface area contributed by atoms with Crippen LogP contribution < -0.4 is 10.1 Å². The van der Waals surface area contributed by atoms with Gasteiger partial charge in [-0.2, -0.15) is 0 Å². The van der Waals surface area contributed by atoms with Crippen molar-refractivity contribution in [3.63, 3.8) is 0 Å². The van der Waals surface area contributed by atoms with E-state index >= 15 is 0 Å². The van der Waals surface area contributed by atoms with Gasteiger partial charge in [-0.25, -0.2) is 9.59 Å². The number of azide groups is 1. The van der Waals surface area contributed by atoms with Crippen LogP contribution in [-0.2, 0) is 16.0 Å². The number of aliphatic carboxylic acids is 1. The number of carboxylic acid groups (broad SMARTS) is 1. The molecule has 0 spiro atoms. The fourth-order valence-electron chi connectivity index (χ4n) is 2.49. The van der Waals surface area contributed by atoms with Gasteiger partial charge in [-0.15, -0.1) is 0 Å². The minimum Gasteiger partial charge on any atom is -0.494 e. The van der Waals surface area contributed by atoms with Gasteiger partial charge in [-0.05, 0) is 76.1 Å². The first-order chi connectivity index (χ1) is 13.7. The number of carbonyl (C=O) groups is 2. The Balaban J connectivity index is 2.36. The van der Waals surface area contributed by atoms with Crippen LogP contribution in [0.25, 0.3) is 10.4 Å². The number of carbonyl (C=O) groups excluding carboxylic acids is 1. The van der Waals surface area contributed by atoms with Crippen molar-refractivity contribution >= 4 is 12.1 Å². The van der Waals surface area contributed by atoms with E-state index in [1.807, 2.05) is 24.3 Å². The number of carboxylic acids is 1. The van der Waals surface area contributed by atoms with Crippen molar-refractivity contribution in [2.75, 3.05) is 13.2 Å². The van der Waals surface area contributed by atoms with Crippen LogP contribution in [0, 0.1) is 0 Å². The van der Waals surface area contributed by atoms with Gasteiger partial charge in [0.25, 0.3) is 0 Å². The van der Waals surface area contributed by atoms with E-state index in [9.17, 15) is 14.7 Å². The minimum absolute atomic E-state index is 0.304. The van der Waals surface area contributed by atoms with E-state index in [-0.39, 0.29) is 0 Å². The lowest BCUT2D eigenvalue weighted by molar-refractivity contribution is -0.139. The Morgan fingerprint density at radius 3 is 2.48 bits per heavy atom. The average molecular weight is 406 g/mol. The topological polar surface area (TPSA) is 134 Å². The van der Waals surface area contributed by atoms with Crippen molar-refractivity contribution in [2.24, 2.45) is 5.11 Å². The molecular formula is C20H30N4O5. The highest BCUT2D eigenvalue weighted by Crippen LogP contribution is 2.15. The van der Waals surface area contributed by atoms with Crippen molar-refractivity contribution in [2.45, 2.75) is 64.5 Å². The van der Waals surface area contributed by atoms with E-state index in [2.05, 4.69) is 15.3 Å². The number of nitrogens with zero attached hydrogens (tertiary/aromatic N) is 3. The van der Waals surface area contributed by atoms with Gasteiger partial charge in [0, 0.05) is 11.5 Å². The van der Waals surface area contributed by atoms with Crippen molar-refractivity contribution < 1.29 is 24.2 Å². The van der Waals surface area contributed by atoms with Crippen LogP contribution in [-0.4, -0.2) is 42.0 Å². The summed E-state index contributed by atoms with van der Waals surface area (Å²) in [5, 5.41) is 15.2. The summed E-state index contributed by atoms with van der Waals surface area (Å²) in [6, 6.07) is 6.63. The molecule has 1 aromatic rings. The summed E-state index contributed by atoms with van der Waals surface area (Å²) in [4.78, 5) is 25.8. The van der Waals surface area contributed by atoms with E-state index in [0.717, 1.165) is 24.2 Å². The smallest absolute Gasteiger partial charge is 0.408 e. The van der Waals surface area contributed by atoms with E-state index in [0.29, 0.717) is 32.4 Å². The van der Waals surface area contributed by atoms with Crippen LogP contribution >= 0.6 is 0 Å². The molecule has 9 heteroatoms. The van der Waals surface area contributed by atoms with E-state index in [1.54, 1.807) is 20.8 Å². The lowest BCUT2D eigenvalue weighted by atomic mass is 10.0. The molecule has 0 aromatic heterocycles. The Morgan fingerprint density at radius 2 is 1.90 bits per heavy atom. The molecule has 1 amide bonds. The van der Waals surface area contributed by atoms with Gasteiger partial charge in [-0.1, -0.05) is 17.2 Å². The van der Waals surface area contributed by atoms with Gasteiger partial charge < -0.3 is 19.9 Å². The van der Waals surface area contributed by atoms with E-state index in [4.69, 9.17) is 15.0 Å². The third-order valence-electron chi connectivity index (χ3n) is 3.86. The number of unbranched alkanes of at least 4 members (excludes halogenated alkanes) is 1. The number of nitrogens with one attached hydrogen (secondary N) is 1. The van der Waals surface area contributed by atoms with Crippen molar-refractivity contribution in [1.82, 2.24) is 5.32 Å². The molecular weight excluding hydrogens is 376 g/mol. The Morgan fingerprint density at radius 1 is 1.21 bits per heavy atom. The van der Waals surface area contributed by atoms with Crippen LogP contribution in [0.3, 0.4) is 0 Å². The molecule has 0 aliphatic carbocycles. The summed E-state index contributed by atoms with van der Waals surface area (Å²) < 4.78 is 10.7. The number of alkyl carbamates (subject to hydrolysis) is 1. The van der Waals surface area contributed by atoms with Gasteiger partial charge >= 0.3 is 12.1 Å². The zero-order valence-corrected chi connectivity index (χ0v) is 17.3. The monoisotopic (exact) mass is 406 g/mol. The first-order valence-electron chi connectivity index (χ1n) is 9.66. The lowest BCUT2D eigenvalue weighted by Gasteiger charge is -2.22. The van der Waals surface area contributed by atoms with Crippen LogP contribution in [0.15, 0.2) is 29.4 Å². The molecule has 0 saturated heterocycles. The highest BCUT2D eigenvalue weighted by molar-refractivity contribution is 5.79. The SMILES string of the molecule is CC(C)(C)OC(=O)N[C@@H](CCCc1ccc(OCCCCN=[N+]=[N-])cc1)C(=O)O.